The van der Waals surface area contributed by atoms with Crippen LogP contribution in [-0.2, 0) is 4.74 Å². The molecule has 5 heteroatoms. The molecule has 0 spiro atoms. The maximum Gasteiger partial charge on any atom is 0.203 e. The average molecular weight is 260 g/mol. The van der Waals surface area contributed by atoms with Crippen LogP contribution in [0.4, 0.5) is 5.95 Å². The Kier molecular flexibility index (Phi) is 4.52. The van der Waals surface area contributed by atoms with Crippen molar-refractivity contribution in [3.63, 3.8) is 0 Å². The first-order valence-electron chi connectivity index (χ1n) is 6.40. The minimum absolute atomic E-state index is 0.188. The van der Waals surface area contributed by atoms with Crippen molar-refractivity contribution in [2.45, 2.75) is 25.9 Å². The first-order chi connectivity index (χ1) is 9.22. The van der Waals surface area contributed by atoms with Crippen LogP contribution in [-0.4, -0.2) is 34.3 Å². The van der Waals surface area contributed by atoms with Gasteiger partial charge in [0.15, 0.2) is 0 Å². The van der Waals surface area contributed by atoms with Gasteiger partial charge in [-0.15, -0.1) is 0 Å². The van der Waals surface area contributed by atoms with E-state index in [9.17, 15) is 0 Å². The molecule has 5 nitrogen and oxygen atoms in total. The normalized spacial score (nSPS) is 14.1. The number of aromatic nitrogens is 3. The molecule has 2 unspecified atom stereocenters. The minimum Gasteiger partial charge on any atom is -0.383 e. The maximum absolute atomic E-state index is 5.13. The zero-order valence-corrected chi connectivity index (χ0v) is 11.6. The van der Waals surface area contributed by atoms with Crippen LogP contribution in [0.1, 0.15) is 25.5 Å². The quantitative estimate of drug-likeness (QED) is 0.866. The summed E-state index contributed by atoms with van der Waals surface area (Å²) >= 11 is 0. The number of anilines is 1. The highest BCUT2D eigenvalue weighted by Gasteiger charge is 2.13. The topological polar surface area (TPSA) is 52.0 Å². The Morgan fingerprint density at radius 1 is 1.37 bits per heavy atom. The molecule has 0 fully saturated rings. The molecular weight excluding hydrogens is 240 g/mol. The molecule has 0 aromatic carbocycles. The van der Waals surface area contributed by atoms with E-state index in [4.69, 9.17) is 4.74 Å². The van der Waals surface area contributed by atoms with E-state index in [1.165, 1.54) is 0 Å². The Bertz CT molecular complexity index is 497. The highest BCUT2D eigenvalue weighted by Crippen LogP contribution is 2.21. The summed E-state index contributed by atoms with van der Waals surface area (Å²) in [6.45, 7) is 4.84. The Hall–Kier alpha value is -1.88. The summed E-state index contributed by atoms with van der Waals surface area (Å²) in [5, 5.41) is 3.35. The molecule has 1 N–H and O–H groups in total. The number of rotatable bonds is 6. The van der Waals surface area contributed by atoms with Crippen LogP contribution in [0.25, 0.3) is 0 Å². The summed E-state index contributed by atoms with van der Waals surface area (Å²) in [5.41, 5.74) is 1.16. The van der Waals surface area contributed by atoms with Gasteiger partial charge in [0.25, 0.3) is 0 Å². The second-order valence-corrected chi connectivity index (χ2v) is 4.62. The molecule has 0 aliphatic rings. The lowest BCUT2D eigenvalue weighted by Crippen LogP contribution is -2.24. The summed E-state index contributed by atoms with van der Waals surface area (Å²) in [5.74, 6) is 0.848. The largest absolute Gasteiger partial charge is 0.383 e. The lowest BCUT2D eigenvalue weighted by Gasteiger charge is -2.19. The maximum atomic E-state index is 5.13. The molecule has 0 aliphatic heterocycles. The van der Waals surface area contributed by atoms with Gasteiger partial charge in [-0.05, 0) is 25.5 Å². The monoisotopic (exact) mass is 260 g/mol. The van der Waals surface area contributed by atoms with Gasteiger partial charge in [0, 0.05) is 37.9 Å². The van der Waals surface area contributed by atoms with Gasteiger partial charge in [0.2, 0.25) is 5.95 Å². The van der Waals surface area contributed by atoms with E-state index < -0.39 is 0 Å². The molecule has 2 aromatic heterocycles. The Balaban J connectivity index is 2.15. The number of ether oxygens (including phenoxy) is 1. The van der Waals surface area contributed by atoms with Crippen molar-refractivity contribution in [3.05, 3.63) is 42.5 Å². The standard InChI is InChI=1S/C14H20N4O/c1-11(10-19-3)17-14-16-7-8-18(14)12(2)13-5-4-6-15-9-13/h4-9,11-12H,10H2,1-3H3,(H,16,17). The smallest absolute Gasteiger partial charge is 0.203 e. The number of nitrogens with zero attached hydrogens (tertiary/aromatic N) is 3. The van der Waals surface area contributed by atoms with Gasteiger partial charge >= 0.3 is 0 Å². The van der Waals surface area contributed by atoms with Crippen LogP contribution < -0.4 is 5.32 Å². The van der Waals surface area contributed by atoms with Crippen LogP contribution in [0.5, 0.6) is 0 Å². The molecule has 19 heavy (non-hydrogen) atoms. The van der Waals surface area contributed by atoms with Crippen molar-refractivity contribution in [2.75, 3.05) is 19.0 Å². The van der Waals surface area contributed by atoms with Gasteiger partial charge < -0.3 is 14.6 Å². The number of imidazole rings is 1. The minimum atomic E-state index is 0.188. The first-order valence-corrected chi connectivity index (χ1v) is 6.40. The molecular formula is C14H20N4O. The molecule has 2 aromatic rings. The van der Waals surface area contributed by atoms with E-state index >= 15 is 0 Å². The zero-order chi connectivity index (χ0) is 13.7. The molecule has 102 valence electrons. The number of pyridine rings is 1. The zero-order valence-electron chi connectivity index (χ0n) is 11.6. The molecule has 2 rings (SSSR count). The van der Waals surface area contributed by atoms with Crippen molar-refractivity contribution in [1.29, 1.82) is 0 Å². The number of hydrogen-bond donors (Lipinski definition) is 1. The lowest BCUT2D eigenvalue weighted by molar-refractivity contribution is 0.190. The second-order valence-electron chi connectivity index (χ2n) is 4.62. The van der Waals surface area contributed by atoms with E-state index in [1.807, 2.05) is 18.5 Å². The highest BCUT2D eigenvalue weighted by molar-refractivity contribution is 5.30. The van der Waals surface area contributed by atoms with Gasteiger partial charge in [-0.1, -0.05) is 6.07 Å². The third-order valence-electron chi connectivity index (χ3n) is 3.04. The number of hydrogen-bond acceptors (Lipinski definition) is 4. The second kappa shape index (κ2) is 6.33. The third-order valence-corrected chi connectivity index (χ3v) is 3.04. The van der Waals surface area contributed by atoms with Gasteiger partial charge in [0.1, 0.15) is 0 Å². The van der Waals surface area contributed by atoms with Crippen LogP contribution in [0.2, 0.25) is 0 Å². The SMILES string of the molecule is COCC(C)Nc1nccn1C(C)c1cccnc1. The van der Waals surface area contributed by atoms with E-state index in [-0.39, 0.29) is 12.1 Å². The van der Waals surface area contributed by atoms with Gasteiger partial charge in [-0.25, -0.2) is 4.98 Å². The number of nitrogens with one attached hydrogen (secondary N) is 1. The number of methoxy groups -OCH3 is 1. The molecule has 2 heterocycles. The van der Waals surface area contributed by atoms with Crippen LogP contribution >= 0.6 is 0 Å². The van der Waals surface area contributed by atoms with Gasteiger partial charge in [-0.2, -0.15) is 0 Å². The van der Waals surface area contributed by atoms with E-state index in [0.717, 1.165) is 11.5 Å². The van der Waals surface area contributed by atoms with Crippen molar-refractivity contribution in [1.82, 2.24) is 14.5 Å². The summed E-state index contributed by atoms with van der Waals surface area (Å²) < 4.78 is 7.23. The predicted molar refractivity (Wildman–Crippen MR) is 75.2 cm³/mol. The van der Waals surface area contributed by atoms with Gasteiger partial charge in [0.05, 0.1) is 12.6 Å². The fraction of sp³-hybridized carbons (Fsp3) is 0.429. The molecule has 0 saturated heterocycles. The molecule has 0 amide bonds. The molecule has 0 bridgehead atoms. The Morgan fingerprint density at radius 2 is 2.21 bits per heavy atom. The van der Waals surface area contributed by atoms with Crippen LogP contribution in [0.15, 0.2) is 36.9 Å². The summed E-state index contributed by atoms with van der Waals surface area (Å²) in [6.07, 6.45) is 7.44. The fourth-order valence-electron chi connectivity index (χ4n) is 2.03. The molecule has 2 atom stereocenters. The van der Waals surface area contributed by atoms with E-state index in [1.54, 1.807) is 19.5 Å². The predicted octanol–water partition coefficient (Wildman–Crippen LogP) is 2.33. The molecule has 0 aliphatic carbocycles. The van der Waals surface area contributed by atoms with Crippen molar-refractivity contribution in [3.8, 4) is 0 Å². The van der Waals surface area contributed by atoms with Crippen molar-refractivity contribution < 1.29 is 4.74 Å². The fourth-order valence-corrected chi connectivity index (χ4v) is 2.03. The lowest BCUT2D eigenvalue weighted by atomic mass is 10.1. The van der Waals surface area contributed by atoms with E-state index in [0.29, 0.717) is 6.61 Å². The Labute approximate surface area is 113 Å². The molecule has 0 radical (unpaired) electrons. The van der Waals surface area contributed by atoms with Crippen LogP contribution in [0, 0.1) is 0 Å². The summed E-state index contributed by atoms with van der Waals surface area (Å²) in [6, 6.07) is 4.42. The van der Waals surface area contributed by atoms with Crippen molar-refractivity contribution in [2.24, 2.45) is 0 Å². The summed E-state index contributed by atoms with van der Waals surface area (Å²) in [7, 11) is 1.70. The van der Waals surface area contributed by atoms with E-state index in [2.05, 4.69) is 39.8 Å². The third kappa shape index (κ3) is 3.32. The van der Waals surface area contributed by atoms with Crippen LogP contribution in [0.3, 0.4) is 0 Å². The summed E-state index contributed by atoms with van der Waals surface area (Å²) in [4.78, 5) is 8.52. The van der Waals surface area contributed by atoms with Crippen molar-refractivity contribution >= 4 is 5.95 Å². The first kappa shape index (κ1) is 13.5. The average Bonchev–Trinajstić information content (AvgIpc) is 2.87. The van der Waals surface area contributed by atoms with Gasteiger partial charge in [-0.3, -0.25) is 4.98 Å². The highest BCUT2D eigenvalue weighted by atomic mass is 16.5. The molecule has 0 saturated carbocycles. The Morgan fingerprint density at radius 3 is 2.89 bits per heavy atom.